The van der Waals surface area contributed by atoms with Gasteiger partial charge in [-0.15, -0.1) is 11.3 Å². The van der Waals surface area contributed by atoms with Gasteiger partial charge in [0.25, 0.3) is 6.43 Å². The van der Waals surface area contributed by atoms with Crippen molar-refractivity contribution in [1.82, 2.24) is 29.5 Å². The van der Waals surface area contributed by atoms with Crippen molar-refractivity contribution in [2.24, 2.45) is 5.92 Å². The van der Waals surface area contributed by atoms with Crippen molar-refractivity contribution in [1.29, 1.82) is 0 Å². The smallest absolute Gasteiger partial charge is 0.251 e. The number of thiophene rings is 1. The SMILES string of the molecule is C=CC(=O)N1C[C@H](C)n2nc(-c3nc(-c4ccc5c(c4)CN(CC(F)F)CC5)c4scc(F)c4c3-c3c(F)cc(F)cc3OC[C@@H]3CC(=O)N(C)C3)cc2[C@H]1C. The molecule has 0 unspecified atom stereocenters. The fraction of sp³-hybridized carbons (Fsp3) is 0.366. The predicted molar refractivity (Wildman–Crippen MR) is 203 cm³/mol. The van der Waals surface area contributed by atoms with Crippen LogP contribution in [-0.4, -0.2) is 87.5 Å². The van der Waals surface area contributed by atoms with Crippen molar-refractivity contribution < 1.29 is 36.3 Å². The van der Waals surface area contributed by atoms with E-state index in [0.717, 1.165) is 28.5 Å². The number of nitrogens with zero attached hydrogens (tertiary/aromatic N) is 6. The Hall–Kier alpha value is -5.15. The minimum absolute atomic E-state index is 0.00506. The summed E-state index contributed by atoms with van der Waals surface area (Å²) in [6.45, 7) is 8.55. The third kappa shape index (κ3) is 6.74. The second kappa shape index (κ2) is 14.7. The number of alkyl halides is 2. The van der Waals surface area contributed by atoms with E-state index in [9.17, 15) is 18.4 Å². The summed E-state index contributed by atoms with van der Waals surface area (Å²) in [5, 5.41) is 6.26. The Kier molecular flexibility index (Phi) is 9.94. The number of fused-ring (bicyclic) bond motifs is 3. The third-order valence-electron chi connectivity index (χ3n) is 11.0. The molecule has 1 fully saturated rings. The number of benzene rings is 2. The maximum atomic E-state index is 16.5. The molecule has 3 aliphatic heterocycles. The van der Waals surface area contributed by atoms with Crippen molar-refractivity contribution >= 4 is 33.2 Å². The summed E-state index contributed by atoms with van der Waals surface area (Å²) in [7, 11) is 1.67. The molecule has 15 heteroatoms. The maximum Gasteiger partial charge on any atom is 0.251 e. The Morgan fingerprint density at radius 3 is 2.59 bits per heavy atom. The molecule has 0 spiro atoms. The molecule has 3 atom stereocenters. The zero-order valence-corrected chi connectivity index (χ0v) is 31.8. The summed E-state index contributed by atoms with van der Waals surface area (Å²) in [5.74, 6) is -3.34. The highest BCUT2D eigenvalue weighted by atomic mass is 32.1. The molecule has 0 aliphatic carbocycles. The summed E-state index contributed by atoms with van der Waals surface area (Å²) >= 11 is 1.07. The van der Waals surface area contributed by atoms with E-state index in [4.69, 9.17) is 14.8 Å². The van der Waals surface area contributed by atoms with Crippen molar-refractivity contribution in [3.8, 4) is 39.5 Å². The number of rotatable bonds is 9. The number of likely N-dealkylation sites (tertiary alicyclic amines) is 1. The predicted octanol–water partition coefficient (Wildman–Crippen LogP) is 8.04. The van der Waals surface area contributed by atoms with Gasteiger partial charge in [0.05, 0.1) is 46.9 Å². The quantitative estimate of drug-likeness (QED) is 0.111. The molecule has 0 radical (unpaired) electrons. The van der Waals surface area contributed by atoms with Gasteiger partial charge < -0.3 is 14.5 Å². The third-order valence-corrected chi connectivity index (χ3v) is 12.0. The van der Waals surface area contributed by atoms with Crippen LogP contribution in [-0.2, 0) is 22.6 Å². The van der Waals surface area contributed by atoms with Gasteiger partial charge in [0, 0.05) is 79.6 Å². The van der Waals surface area contributed by atoms with Gasteiger partial charge >= 0.3 is 0 Å². The van der Waals surface area contributed by atoms with Crippen LogP contribution >= 0.6 is 11.3 Å². The summed E-state index contributed by atoms with van der Waals surface area (Å²) in [6.07, 6.45) is -0.444. The number of halogens is 5. The topological polar surface area (TPSA) is 83.8 Å². The van der Waals surface area contributed by atoms with Gasteiger partial charge in [-0.25, -0.2) is 26.9 Å². The molecule has 1 saturated heterocycles. The van der Waals surface area contributed by atoms with Crippen LogP contribution in [0.5, 0.6) is 5.75 Å². The van der Waals surface area contributed by atoms with E-state index in [-0.39, 0.29) is 77.0 Å². The van der Waals surface area contributed by atoms with Crippen molar-refractivity contribution in [3.05, 3.63) is 88.7 Å². The number of carbonyl (C=O) groups is 2. The number of pyridine rings is 1. The minimum Gasteiger partial charge on any atom is -0.492 e. The van der Waals surface area contributed by atoms with E-state index in [1.54, 1.807) is 32.5 Å². The number of hydrogen-bond acceptors (Lipinski definition) is 7. The number of aromatic nitrogens is 3. The second-order valence-corrected chi connectivity index (χ2v) is 15.7. The van der Waals surface area contributed by atoms with Gasteiger partial charge in [-0.05, 0) is 49.6 Å². The standard InChI is InChI=1S/C41H39F5N6O3S/c1-5-34(53)51-15-21(2)52-31(22(51)3)14-30(48-52)40-38(36-28(43)12-27(42)13-32(36)55-19-23-10-35(54)49(4)16-23)37-29(44)20-56-41(37)39(47-40)25-7-6-24-8-9-50(18-33(45)46)17-26(24)11-25/h5-7,11-14,20-23,33H,1,8-10,15-19H2,2-4H3/t21-,22+,23+/m0/s1. The van der Waals surface area contributed by atoms with E-state index in [0.29, 0.717) is 60.3 Å². The average molecular weight is 791 g/mol. The molecular weight excluding hydrogens is 752 g/mol. The molecule has 9 nitrogen and oxygen atoms in total. The van der Waals surface area contributed by atoms with Crippen LogP contribution in [0.1, 0.15) is 49.2 Å². The summed E-state index contributed by atoms with van der Waals surface area (Å²) in [4.78, 5) is 35.2. The van der Waals surface area contributed by atoms with E-state index < -0.39 is 29.9 Å². The Morgan fingerprint density at radius 2 is 1.86 bits per heavy atom. The fourth-order valence-corrected chi connectivity index (χ4v) is 9.20. The molecular formula is C41H39F5N6O3S. The van der Waals surface area contributed by atoms with E-state index >= 15 is 13.2 Å². The minimum atomic E-state index is -2.49. The number of hydrogen-bond donors (Lipinski definition) is 0. The molecule has 2 amide bonds. The monoisotopic (exact) mass is 790 g/mol. The molecule has 5 aromatic rings. The molecule has 2 aromatic carbocycles. The lowest BCUT2D eigenvalue weighted by molar-refractivity contribution is -0.129. The maximum absolute atomic E-state index is 16.5. The number of amides is 2. The lowest BCUT2D eigenvalue weighted by Crippen LogP contribution is -2.42. The Bertz CT molecular complexity index is 2400. The lowest BCUT2D eigenvalue weighted by atomic mass is 9.93. The van der Waals surface area contributed by atoms with Crippen LogP contribution in [0.3, 0.4) is 0 Å². The van der Waals surface area contributed by atoms with Gasteiger partial charge in [-0.1, -0.05) is 18.7 Å². The Balaban J connectivity index is 1.35. The van der Waals surface area contributed by atoms with Gasteiger partial charge in [0.2, 0.25) is 11.8 Å². The highest BCUT2D eigenvalue weighted by molar-refractivity contribution is 7.17. The van der Waals surface area contributed by atoms with Crippen molar-refractivity contribution in [2.75, 3.05) is 39.8 Å². The Labute approximate surface area is 324 Å². The van der Waals surface area contributed by atoms with Crippen molar-refractivity contribution in [2.45, 2.75) is 51.7 Å². The molecule has 292 valence electrons. The zero-order chi connectivity index (χ0) is 39.6. The number of ether oxygens (including phenoxy) is 1. The van der Waals surface area contributed by atoms with E-state index in [1.807, 2.05) is 32.0 Å². The molecule has 0 N–H and O–H groups in total. The highest BCUT2D eigenvalue weighted by Gasteiger charge is 2.35. The Morgan fingerprint density at radius 1 is 1.05 bits per heavy atom. The summed E-state index contributed by atoms with van der Waals surface area (Å²) < 4.78 is 83.0. The number of carbonyl (C=O) groups excluding carboxylic acids is 2. The van der Waals surface area contributed by atoms with E-state index in [1.165, 1.54) is 11.5 Å². The first-order valence-corrected chi connectivity index (χ1v) is 19.3. The first-order valence-electron chi connectivity index (χ1n) is 18.4. The zero-order valence-electron chi connectivity index (χ0n) is 31.0. The van der Waals surface area contributed by atoms with Gasteiger partial charge in [0.15, 0.2) is 0 Å². The first-order chi connectivity index (χ1) is 26.8. The molecule has 3 aliphatic rings. The van der Waals surface area contributed by atoms with Gasteiger partial charge in [0.1, 0.15) is 34.6 Å². The van der Waals surface area contributed by atoms with Crippen molar-refractivity contribution in [3.63, 3.8) is 0 Å². The largest absolute Gasteiger partial charge is 0.492 e. The van der Waals surface area contributed by atoms with Crippen LogP contribution in [0.2, 0.25) is 0 Å². The molecule has 0 bridgehead atoms. The summed E-state index contributed by atoms with van der Waals surface area (Å²) in [5.41, 5.74) is 3.62. The molecule has 56 heavy (non-hydrogen) atoms. The fourth-order valence-electron chi connectivity index (χ4n) is 8.27. The molecule has 0 saturated carbocycles. The highest BCUT2D eigenvalue weighted by Crippen LogP contribution is 2.49. The van der Waals surface area contributed by atoms with Crippen LogP contribution in [0.4, 0.5) is 22.0 Å². The second-order valence-electron chi connectivity index (χ2n) is 14.9. The summed E-state index contributed by atoms with van der Waals surface area (Å²) in [6, 6.07) is 8.44. The van der Waals surface area contributed by atoms with Crippen LogP contribution < -0.4 is 4.74 Å². The lowest BCUT2D eigenvalue weighted by Gasteiger charge is -2.36. The van der Waals surface area contributed by atoms with Crippen LogP contribution in [0, 0.1) is 23.4 Å². The molecule has 3 aromatic heterocycles. The van der Waals surface area contributed by atoms with E-state index in [2.05, 4.69) is 6.58 Å². The first kappa shape index (κ1) is 37.8. The van der Waals surface area contributed by atoms with Crippen LogP contribution in [0.15, 0.2) is 54.4 Å². The molecule has 8 rings (SSSR count). The average Bonchev–Trinajstić information content (AvgIpc) is 3.87. The normalized spacial score (nSPS) is 19.9. The molecule has 6 heterocycles. The van der Waals surface area contributed by atoms with Gasteiger partial charge in [-0.2, -0.15) is 5.10 Å². The van der Waals surface area contributed by atoms with Gasteiger partial charge in [-0.3, -0.25) is 19.2 Å². The van der Waals surface area contributed by atoms with Crippen LogP contribution in [0.25, 0.3) is 43.9 Å².